The Kier molecular flexibility index (Phi) is 6.03. The molecular formula is C24H44. The molecule has 3 fully saturated rings. The molecular weight excluding hydrogens is 288 g/mol. The summed E-state index contributed by atoms with van der Waals surface area (Å²) >= 11 is 0. The van der Waals surface area contributed by atoms with E-state index in [1.807, 2.05) is 0 Å². The highest BCUT2D eigenvalue weighted by molar-refractivity contribution is 4.94. The molecule has 0 heterocycles. The average molecular weight is 333 g/mol. The molecule has 0 nitrogen and oxygen atoms in total. The van der Waals surface area contributed by atoms with Gasteiger partial charge in [0.1, 0.15) is 0 Å². The van der Waals surface area contributed by atoms with Crippen molar-refractivity contribution in [1.29, 1.82) is 0 Å². The molecule has 0 amide bonds. The zero-order valence-electron chi connectivity index (χ0n) is 17.4. The highest BCUT2D eigenvalue weighted by Gasteiger charge is 2.44. The molecule has 3 rings (SSSR count). The maximum absolute atomic E-state index is 2.62. The van der Waals surface area contributed by atoms with Crippen molar-refractivity contribution < 1.29 is 0 Å². The third-order valence-corrected chi connectivity index (χ3v) is 9.39. The lowest BCUT2D eigenvalue weighted by Crippen LogP contribution is -2.42. The minimum absolute atomic E-state index is 0.961. The molecule has 10 atom stereocenters. The topological polar surface area (TPSA) is 0 Å². The van der Waals surface area contributed by atoms with Gasteiger partial charge in [-0.05, 0) is 84.9 Å². The average Bonchev–Trinajstić information content (AvgIpc) is 2.55. The van der Waals surface area contributed by atoms with Crippen molar-refractivity contribution in [2.24, 2.45) is 59.2 Å². The molecule has 0 aromatic rings. The van der Waals surface area contributed by atoms with Crippen LogP contribution in [0.25, 0.3) is 0 Å². The third-order valence-electron chi connectivity index (χ3n) is 9.39. The maximum Gasteiger partial charge on any atom is -0.0355 e. The molecule has 0 N–H and O–H groups in total. The maximum atomic E-state index is 2.62. The van der Waals surface area contributed by atoms with Gasteiger partial charge in [-0.25, -0.2) is 0 Å². The van der Waals surface area contributed by atoms with Crippen LogP contribution in [0.1, 0.15) is 92.9 Å². The quantitative estimate of drug-likeness (QED) is 0.493. The largest absolute Gasteiger partial charge is 0.0622 e. The summed E-state index contributed by atoms with van der Waals surface area (Å²) in [6, 6.07) is 0. The monoisotopic (exact) mass is 332 g/mol. The van der Waals surface area contributed by atoms with Gasteiger partial charge < -0.3 is 0 Å². The van der Waals surface area contributed by atoms with Crippen molar-refractivity contribution in [3.8, 4) is 0 Å². The Labute approximate surface area is 152 Å². The summed E-state index contributed by atoms with van der Waals surface area (Å²) in [4.78, 5) is 0. The van der Waals surface area contributed by atoms with E-state index in [0.29, 0.717) is 0 Å². The van der Waals surface area contributed by atoms with Crippen LogP contribution < -0.4 is 0 Å². The molecule has 0 heteroatoms. The highest BCUT2D eigenvalue weighted by atomic mass is 14.5. The lowest BCUT2D eigenvalue weighted by atomic mass is 9.55. The van der Waals surface area contributed by atoms with Crippen molar-refractivity contribution in [3.63, 3.8) is 0 Å². The van der Waals surface area contributed by atoms with Crippen LogP contribution in [0.2, 0.25) is 0 Å². The normalized spacial score (nSPS) is 53.8. The van der Waals surface area contributed by atoms with Crippen LogP contribution >= 0.6 is 0 Å². The van der Waals surface area contributed by atoms with Gasteiger partial charge in [0.25, 0.3) is 0 Å². The Bertz CT molecular complexity index is 361. The van der Waals surface area contributed by atoms with Crippen LogP contribution in [-0.4, -0.2) is 0 Å². The molecule has 0 spiro atoms. The molecule has 0 saturated heterocycles. The van der Waals surface area contributed by atoms with E-state index >= 15 is 0 Å². The predicted molar refractivity (Wildman–Crippen MR) is 106 cm³/mol. The first-order valence-electron chi connectivity index (χ1n) is 11.4. The van der Waals surface area contributed by atoms with Gasteiger partial charge in [-0.3, -0.25) is 0 Å². The van der Waals surface area contributed by atoms with E-state index < -0.39 is 0 Å². The first-order chi connectivity index (χ1) is 11.4. The Morgan fingerprint density at radius 1 is 0.417 bits per heavy atom. The van der Waals surface area contributed by atoms with Gasteiger partial charge in [0, 0.05) is 0 Å². The molecule has 0 aromatic heterocycles. The fourth-order valence-electron chi connectivity index (χ4n) is 7.32. The molecule has 3 saturated carbocycles. The van der Waals surface area contributed by atoms with E-state index in [4.69, 9.17) is 0 Å². The zero-order valence-corrected chi connectivity index (χ0v) is 17.4. The molecule has 0 aromatic carbocycles. The fraction of sp³-hybridized carbons (Fsp3) is 1.00. The molecule has 24 heavy (non-hydrogen) atoms. The van der Waals surface area contributed by atoms with E-state index in [1.54, 1.807) is 0 Å². The smallest absolute Gasteiger partial charge is 0.0355 e. The Hall–Kier alpha value is 0. The van der Waals surface area contributed by atoms with Gasteiger partial charge in [0.05, 0.1) is 0 Å². The second-order valence-corrected chi connectivity index (χ2v) is 10.6. The number of hydrogen-bond donors (Lipinski definition) is 0. The molecule has 0 aliphatic heterocycles. The summed E-state index contributed by atoms with van der Waals surface area (Å²) in [5.74, 6) is 9.86. The summed E-state index contributed by atoms with van der Waals surface area (Å²) in [7, 11) is 0. The summed E-state index contributed by atoms with van der Waals surface area (Å²) in [6.07, 6.45) is 12.1. The first-order valence-corrected chi connectivity index (χ1v) is 11.4. The minimum atomic E-state index is 0.961. The van der Waals surface area contributed by atoms with E-state index in [-0.39, 0.29) is 0 Å². The summed E-state index contributed by atoms with van der Waals surface area (Å²) in [6.45, 7) is 15.4. The van der Waals surface area contributed by atoms with E-state index in [9.17, 15) is 0 Å². The first kappa shape index (κ1) is 18.8. The van der Waals surface area contributed by atoms with Crippen LogP contribution in [-0.2, 0) is 0 Å². The van der Waals surface area contributed by atoms with Crippen LogP contribution in [0.15, 0.2) is 0 Å². The molecule has 140 valence electrons. The molecule has 0 radical (unpaired) electrons. The number of rotatable bonds is 2. The van der Waals surface area contributed by atoms with Gasteiger partial charge in [-0.15, -0.1) is 0 Å². The lowest BCUT2D eigenvalue weighted by Gasteiger charge is -2.51. The minimum Gasteiger partial charge on any atom is -0.0622 e. The zero-order chi connectivity index (χ0) is 17.4. The van der Waals surface area contributed by atoms with Gasteiger partial charge >= 0.3 is 0 Å². The van der Waals surface area contributed by atoms with Crippen LogP contribution in [0.4, 0.5) is 0 Å². The van der Waals surface area contributed by atoms with Crippen molar-refractivity contribution in [2.45, 2.75) is 92.9 Å². The third kappa shape index (κ3) is 3.59. The van der Waals surface area contributed by atoms with Crippen molar-refractivity contribution in [3.05, 3.63) is 0 Å². The molecule has 3 aliphatic carbocycles. The second kappa shape index (κ2) is 7.71. The van der Waals surface area contributed by atoms with Crippen molar-refractivity contribution in [2.75, 3.05) is 0 Å². The predicted octanol–water partition coefficient (Wildman–Crippen LogP) is 7.43. The fourth-order valence-corrected chi connectivity index (χ4v) is 7.32. The summed E-state index contributed by atoms with van der Waals surface area (Å²) < 4.78 is 0. The SMILES string of the molecule is CC1CCCC(C2CC(C)C(C3CCCC(C)C3C)CC2C)C1C. The van der Waals surface area contributed by atoms with E-state index in [0.717, 1.165) is 59.2 Å². The standard InChI is InChI=1S/C24H44/c1-15-9-7-11-21(19(15)5)23-13-18(4)24(14-17(23)3)22-12-8-10-16(2)20(22)6/h15-24H,7-14H2,1-6H3. The Morgan fingerprint density at radius 2 is 0.792 bits per heavy atom. The highest BCUT2D eigenvalue weighted by Crippen LogP contribution is 2.52. The van der Waals surface area contributed by atoms with Gasteiger partial charge in [0.2, 0.25) is 0 Å². The van der Waals surface area contributed by atoms with Crippen LogP contribution in [0.3, 0.4) is 0 Å². The van der Waals surface area contributed by atoms with Crippen LogP contribution in [0, 0.1) is 59.2 Å². The summed E-state index contributed by atoms with van der Waals surface area (Å²) in [5.41, 5.74) is 0. The van der Waals surface area contributed by atoms with Gasteiger partial charge in [-0.1, -0.05) is 67.2 Å². The van der Waals surface area contributed by atoms with E-state index in [2.05, 4.69) is 41.5 Å². The van der Waals surface area contributed by atoms with Gasteiger partial charge in [-0.2, -0.15) is 0 Å². The molecule has 0 bridgehead atoms. The van der Waals surface area contributed by atoms with Crippen molar-refractivity contribution in [1.82, 2.24) is 0 Å². The van der Waals surface area contributed by atoms with Crippen molar-refractivity contribution >= 4 is 0 Å². The molecule has 3 aliphatic rings. The summed E-state index contributed by atoms with van der Waals surface area (Å²) in [5, 5.41) is 0. The Balaban J connectivity index is 1.68. The Morgan fingerprint density at radius 3 is 1.17 bits per heavy atom. The van der Waals surface area contributed by atoms with Gasteiger partial charge in [0.15, 0.2) is 0 Å². The van der Waals surface area contributed by atoms with Crippen LogP contribution in [0.5, 0.6) is 0 Å². The second-order valence-electron chi connectivity index (χ2n) is 10.6. The number of hydrogen-bond acceptors (Lipinski definition) is 0. The lowest BCUT2D eigenvalue weighted by molar-refractivity contribution is -0.0116. The van der Waals surface area contributed by atoms with E-state index in [1.165, 1.54) is 51.4 Å². The molecule has 10 unspecified atom stereocenters.